The molecule has 5 heteroatoms. The molecule has 0 aliphatic rings. The predicted molar refractivity (Wildman–Crippen MR) is 75.5 cm³/mol. The highest BCUT2D eigenvalue weighted by atomic mass is 32.2. The van der Waals surface area contributed by atoms with E-state index in [4.69, 9.17) is 0 Å². The number of nitrogens with one attached hydrogen (secondary N) is 1. The van der Waals surface area contributed by atoms with Crippen LogP contribution in [-0.4, -0.2) is 22.7 Å². The summed E-state index contributed by atoms with van der Waals surface area (Å²) in [5.74, 6) is 1.91. The summed E-state index contributed by atoms with van der Waals surface area (Å²) in [6, 6.07) is 0.240. The third-order valence-electron chi connectivity index (χ3n) is 2.54. The van der Waals surface area contributed by atoms with Gasteiger partial charge in [-0.05, 0) is 19.8 Å². The number of thioether (sulfide) groups is 1. The maximum Gasteiger partial charge on any atom is 0.230 e. The Morgan fingerprint density at radius 3 is 2.76 bits per heavy atom. The van der Waals surface area contributed by atoms with Crippen LogP contribution in [0.4, 0.5) is 0 Å². The minimum absolute atomic E-state index is 0.114. The van der Waals surface area contributed by atoms with Gasteiger partial charge in [-0.25, -0.2) is 4.98 Å². The molecule has 0 radical (unpaired) electrons. The van der Waals surface area contributed by atoms with E-state index in [-0.39, 0.29) is 11.9 Å². The SMILES string of the molecule is Cc1nc(CSCC(=O)N[C@H](C)C(C)C)cs1. The lowest BCUT2D eigenvalue weighted by Gasteiger charge is -2.17. The van der Waals surface area contributed by atoms with Crippen LogP contribution < -0.4 is 5.32 Å². The van der Waals surface area contributed by atoms with Gasteiger partial charge in [0.25, 0.3) is 0 Å². The number of carbonyl (C=O) groups excluding carboxylic acids is 1. The monoisotopic (exact) mass is 272 g/mol. The molecule has 0 spiro atoms. The molecule has 17 heavy (non-hydrogen) atoms. The van der Waals surface area contributed by atoms with Gasteiger partial charge >= 0.3 is 0 Å². The van der Waals surface area contributed by atoms with Crippen LogP contribution >= 0.6 is 23.1 Å². The number of nitrogens with zero attached hydrogens (tertiary/aromatic N) is 1. The lowest BCUT2D eigenvalue weighted by molar-refractivity contribution is -0.119. The Balaban J connectivity index is 2.20. The Hall–Kier alpha value is -0.550. The summed E-state index contributed by atoms with van der Waals surface area (Å²) >= 11 is 3.27. The largest absolute Gasteiger partial charge is 0.353 e. The van der Waals surface area contributed by atoms with E-state index in [9.17, 15) is 4.79 Å². The van der Waals surface area contributed by atoms with Gasteiger partial charge in [0, 0.05) is 17.2 Å². The number of rotatable bonds is 6. The van der Waals surface area contributed by atoms with Gasteiger partial charge in [-0.1, -0.05) is 13.8 Å². The van der Waals surface area contributed by atoms with Crippen molar-refractivity contribution in [1.82, 2.24) is 10.3 Å². The highest BCUT2D eigenvalue weighted by molar-refractivity contribution is 7.99. The van der Waals surface area contributed by atoms with Crippen molar-refractivity contribution < 1.29 is 4.79 Å². The Labute approximate surface area is 111 Å². The maximum atomic E-state index is 11.6. The lowest BCUT2D eigenvalue weighted by atomic mass is 10.1. The molecule has 1 amide bonds. The number of hydrogen-bond acceptors (Lipinski definition) is 4. The van der Waals surface area contributed by atoms with Crippen molar-refractivity contribution in [2.24, 2.45) is 5.92 Å². The molecule has 0 aliphatic carbocycles. The number of hydrogen-bond donors (Lipinski definition) is 1. The van der Waals surface area contributed by atoms with E-state index in [0.29, 0.717) is 11.7 Å². The van der Waals surface area contributed by atoms with Gasteiger partial charge in [0.1, 0.15) is 0 Å². The molecule has 1 N–H and O–H groups in total. The van der Waals surface area contributed by atoms with Crippen molar-refractivity contribution >= 4 is 29.0 Å². The van der Waals surface area contributed by atoms with Crippen molar-refractivity contribution in [1.29, 1.82) is 0 Å². The number of carbonyl (C=O) groups is 1. The first-order chi connectivity index (χ1) is 7.99. The van der Waals surface area contributed by atoms with E-state index >= 15 is 0 Å². The highest BCUT2D eigenvalue weighted by Gasteiger charge is 2.10. The molecule has 3 nitrogen and oxygen atoms in total. The number of aryl methyl sites for hydroxylation is 1. The summed E-state index contributed by atoms with van der Waals surface area (Å²) in [6.45, 7) is 8.25. The Morgan fingerprint density at radius 1 is 1.53 bits per heavy atom. The average Bonchev–Trinajstić information content (AvgIpc) is 2.64. The van der Waals surface area contributed by atoms with Crippen LogP contribution in [0.15, 0.2) is 5.38 Å². The van der Waals surface area contributed by atoms with Crippen molar-refractivity contribution in [3.8, 4) is 0 Å². The van der Waals surface area contributed by atoms with E-state index in [2.05, 4.69) is 29.5 Å². The lowest BCUT2D eigenvalue weighted by Crippen LogP contribution is -2.37. The van der Waals surface area contributed by atoms with E-state index in [1.807, 2.05) is 13.8 Å². The first kappa shape index (κ1) is 14.5. The summed E-state index contributed by atoms with van der Waals surface area (Å²) in [5, 5.41) is 6.13. The normalized spacial score (nSPS) is 12.8. The van der Waals surface area contributed by atoms with Crippen LogP contribution in [-0.2, 0) is 10.5 Å². The van der Waals surface area contributed by atoms with Crippen LogP contribution in [0.1, 0.15) is 31.5 Å². The highest BCUT2D eigenvalue weighted by Crippen LogP contribution is 2.14. The van der Waals surface area contributed by atoms with Gasteiger partial charge < -0.3 is 5.32 Å². The van der Waals surface area contributed by atoms with Crippen LogP contribution in [0.2, 0.25) is 0 Å². The molecule has 0 unspecified atom stereocenters. The predicted octanol–water partition coefficient (Wildman–Crippen LogP) is 2.85. The molecule has 0 bridgehead atoms. The van der Waals surface area contributed by atoms with E-state index in [0.717, 1.165) is 16.5 Å². The molecule has 0 aliphatic heterocycles. The maximum absolute atomic E-state index is 11.6. The van der Waals surface area contributed by atoms with Gasteiger partial charge in [-0.3, -0.25) is 4.79 Å². The molecule has 1 rings (SSSR count). The summed E-state index contributed by atoms with van der Waals surface area (Å²) in [7, 11) is 0. The van der Waals surface area contributed by atoms with Crippen molar-refractivity contribution in [3.05, 3.63) is 16.1 Å². The zero-order chi connectivity index (χ0) is 12.8. The second-order valence-corrected chi connectivity index (χ2v) is 6.50. The van der Waals surface area contributed by atoms with Crippen molar-refractivity contribution in [3.63, 3.8) is 0 Å². The van der Waals surface area contributed by atoms with E-state index < -0.39 is 0 Å². The fourth-order valence-electron chi connectivity index (χ4n) is 1.19. The molecule has 0 saturated heterocycles. The summed E-state index contributed by atoms with van der Waals surface area (Å²) in [6.07, 6.45) is 0. The van der Waals surface area contributed by atoms with Crippen LogP contribution in [0.25, 0.3) is 0 Å². The first-order valence-corrected chi connectivity index (χ1v) is 7.80. The van der Waals surface area contributed by atoms with Crippen LogP contribution in [0, 0.1) is 12.8 Å². The van der Waals surface area contributed by atoms with Gasteiger partial charge in [0.05, 0.1) is 16.5 Å². The minimum Gasteiger partial charge on any atom is -0.353 e. The average molecular weight is 272 g/mol. The summed E-state index contributed by atoms with van der Waals surface area (Å²) in [4.78, 5) is 16.0. The zero-order valence-corrected chi connectivity index (χ0v) is 12.5. The third-order valence-corrected chi connectivity index (χ3v) is 4.33. The van der Waals surface area contributed by atoms with Crippen molar-refractivity contribution in [2.45, 2.75) is 39.5 Å². The summed E-state index contributed by atoms with van der Waals surface area (Å²) < 4.78 is 0. The molecule has 1 atom stereocenters. The Kier molecular flexibility index (Phi) is 5.98. The second kappa shape index (κ2) is 7.01. The van der Waals surface area contributed by atoms with E-state index in [1.54, 1.807) is 23.1 Å². The topological polar surface area (TPSA) is 42.0 Å². The minimum atomic E-state index is 0.114. The fraction of sp³-hybridized carbons (Fsp3) is 0.667. The smallest absolute Gasteiger partial charge is 0.230 e. The molecule has 1 aromatic heterocycles. The first-order valence-electron chi connectivity index (χ1n) is 5.77. The molecule has 0 fully saturated rings. The summed E-state index contributed by atoms with van der Waals surface area (Å²) in [5.41, 5.74) is 1.07. The molecular weight excluding hydrogens is 252 g/mol. The molecule has 1 heterocycles. The number of thiazole rings is 1. The van der Waals surface area contributed by atoms with Gasteiger partial charge in [-0.15, -0.1) is 23.1 Å². The molecule has 0 aromatic carbocycles. The van der Waals surface area contributed by atoms with Crippen LogP contribution in [0.3, 0.4) is 0 Å². The quantitative estimate of drug-likeness (QED) is 0.866. The zero-order valence-electron chi connectivity index (χ0n) is 10.8. The van der Waals surface area contributed by atoms with Crippen LogP contribution in [0.5, 0.6) is 0 Å². The molecule has 1 aromatic rings. The number of amides is 1. The Morgan fingerprint density at radius 2 is 2.24 bits per heavy atom. The number of aromatic nitrogens is 1. The Bertz CT molecular complexity index is 363. The van der Waals surface area contributed by atoms with Crippen molar-refractivity contribution in [2.75, 3.05) is 5.75 Å². The van der Waals surface area contributed by atoms with Gasteiger partial charge in [0.15, 0.2) is 0 Å². The fourth-order valence-corrected chi connectivity index (χ4v) is 2.63. The second-order valence-electron chi connectivity index (χ2n) is 4.45. The molecule has 0 saturated carbocycles. The molecular formula is C12H20N2OS2. The standard InChI is InChI=1S/C12H20N2OS2/c1-8(2)9(3)13-12(15)7-16-5-11-6-17-10(4)14-11/h6,8-9H,5,7H2,1-4H3,(H,13,15)/t9-/m1/s1. The third kappa shape index (κ3) is 5.55. The van der Waals surface area contributed by atoms with Gasteiger partial charge in [0.2, 0.25) is 5.91 Å². The molecule has 96 valence electrons. The van der Waals surface area contributed by atoms with Gasteiger partial charge in [-0.2, -0.15) is 0 Å². The van der Waals surface area contributed by atoms with E-state index in [1.165, 1.54) is 0 Å².